The fourth-order valence-electron chi connectivity index (χ4n) is 2.92. The number of ketones is 1. The van der Waals surface area contributed by atoms with E-state index in [1.54, 1.807) is 48.5 Å². The molecule has 3 aromatic rings. The van der Waals surface area contributed by atoms with Crippen molar-refractivity contribution in [2.75, 3.05) is 13.4 Å². The topological polar surface area (TPSA) is 105 Å². The van der Waals surface area contributed by atoms with Crippen LogP contribution in [0.3, 0.4) is 0 Å². The molecule has 2 aromatic carbocycles. The number of esters is 1. The quantitative estimate of drug-likeness (QED) is 0.176. The Balaban J connectivity index is 1.36. The standard InChI is InChI=1S/C22H15NO7S/c24-18(14-5-8-19-20(11-14)30-13-29-19)12-28-22(25)10-7-15-6-9-21(31-15)16-3-1-2-4-17(16)23(26)27/h1-11H,12-13H2. The Hall–Kier alpha value is -3.98. The summed E-state index contributed by atoms with van der Waals surface area (Å²) in [6, 6.07) is 14.7. The average Bonchev–Trinajstić information content (AvgIpc) is 3.44. The third-order valence-electron chi connectivity index (χ3n) is 4.42. The number of rotatable bonds is 7. The normalized spacial score (nSPS) is 12.1. The Labute approximate surface area is 180 Å². The van der Waals surface area contributed by atoms with Crippen LogP contribution in [0.15, 0.2) is 60.7 Å². The maximum atomic E-state index is 12.2. The van der Waals surface area contributed by atoms with E-state index in [4.69, 9.17) is 14.2 Å². The summed E-state index contributed by atoms with van der Waals surface area (Å²) in [5, 5.41) is 11.2. The van der Waals surface area contributed by atoms with E-state index in [9.17, 15) is 19.7 Å². The SMILES string of the molecule is O=C(C=Cc1ccc(-c2ccccc2[N+](=O)[O-])s1)OCC(=O)c1ccc2c(c1)OCO2. The summed E-state index contributed by atoms with van der Waals surface area (Å²) in [5.74, 6) is 0.00133. The van der Waals surface area contributed by atoms with Gasteiger partial charge in [0.05, 0.1) is 10.5 Å². The monoisotopic (exact) mass is 437 g/mol. The van der Waals surface area contributed by atoms with Crippen LogP contribution in [-0.2, 0) is 9.53 Å². The molecule has 0 saturated heterocycles. The molecule has 1 aliphatic rings. The summed E-state index contributed by atoms with van der Waals surface area (Å²) in [4.78, 5) is 36.4. The molecule has 0 radical (unpaired) electrons. The predicted molar refractivity (Wildman–Crippen MR) is 113 cm³/mol. The van der Waals surface area contributed by atoms with E-state index in [0.29, 0.717) is 32.4 Å². The van der Waals surface area contributed by atoms with E-state index in [0.717, 1.165) is 0 Å². The zero-order valence-electron chi connectivity index (χ0n) is 16.0. The fourth-order valence-corrected chi connectivity index (χ4v) is 3.86. The molecule has 31 heavy (non-hydrogen) atoms. The van der Waals surface area contributed by atoms with Gasteiger partial charge in [0.1, 0.15) is 0 Å². The summed E-state index contributed by atoms with van der Waals surface area (Å²) < 4.78 is 15.4. The summed E-state index contributed by atoms with van der Waals surface area (Å²) in [7, 11) is 0. The number of nitrogens with zero attached hydrogens (tertiary/aromatic N) is 1. The number of nitro benzene ring substituents is 1. The number of nitro groups is 1. The van der Waals surface area contributed by atoms with Crippen molar-refractivity contribution >= 4 is 34.9 Å². The number of para-hydroxylation sites is 1. The molecule has 0 saturated carbocycles. The summed E-state index contributed by atoms with van der Waals surface area (Å²) in [6.07, 6.45) is 2.75. The average molecular weight is 437 g/mol. The van der Waals surface area contributed by atoms with Crippen LogP contribution >= 0.6 is 11.3 Å². The van der Waals surface area contributed by atoms with Gasteiger partial charge >= 0.3 is 5.97 Å². The number of thiophene rings is 1. The first-order chi connectivity index (χ1) is 15.0. The minimum atomic E-state index is -0.672. The van der Waals surface area contributed by atoms with Crippen molar-refractivity contribution < 1.29 is 28.7 Å². The lowest BCUT2D eigenvalue weighted by molar-refractivity contribution is -0.384. The van der Waals surface area contributed by atoms with Crippen LogP contribution in [0.4, 0.5) is 5.69 Å². The molecule has 0 aliphatic carbocycles. The van der Waals surface area contributed by atoms with Crippen molar-refractivity contribution in [3.8, 4) is 21.9 Å². The van der Waals surface area contributed by atoms with Gasteiger partial charge in [-0.05, 0) is 42.5 Å². The third kappa shape index (κ3) is 4.62. The fraction of sp³-hybridized carbons (Fsp3) is 0.0909. The molecule has 0 spiro atoms. The van der Waals surface area contributed by atoms with Crippen molar-refractivity contribution in [2.24, 2.45) is 0 Å². The van der Waals surface area contributed by atoms with Gasteiger partial charge in [0.25, 0.3) is 5.69 Å². The molecule has 4 rings (SSSR count). The van der Waals surface area contributed by atoms with Crippen LogP contribution in [-0.4, -0.2) is 30.1 Å². The first kappa shape index (κ1) is 20.3. The lowest BCUT2D eigenvalue weighted by Crippen LogP contribution is -2.12. The molecule has 0 amide bonds. The highest BCUT2D eigenvalue weighted by atomic mass is 32.1. The predicted octanol–water partition coefficient (Wildman–Crippen LogP) is 4.49. The number of carbonyl (C=O) groups excluding carboxylic acids is 2. The number of fused-ring (bicyclic) bond motifs is 1. The van der Waals surface area contributed by atoms with Gasteiger partial charge in [-0.1, -0.05) is 12.1 Å². The molecule has 8 nitrogen and oxygen atoms in total. The van der Waals surface area contributed by atoms with E-state index >= 15 is 0 Å². The first-order valence-corrected chi connectivity index (χ1v) is 9.94. The van der Waals surface area contributed by atoms with Crippen LogP contribution in [0.1, 0.15) is 15.2 Å². The Morgan fingerprint density at radius 3 is 2.74 bits per heavy atom. The largest absolute Gasteiger partial charge is 0.454 e. The highest BCUT2D eigenvalue weighted by Crippen LogP contribution is 2.35. The molecular formula is C22H15NO7S. The Morgan fingerprint density at radius 1 is 1.10 bits per heavy atom. The van der Waals surface area contributed by atoms with Crippen molar-refractivity contribution in [1.82, 2.24) is 0 Å². The van der Waals surface area contributed by atoms with Crippen molar-refractivity contribution in [3.63, 3.8) is 0 Å². The van der Waals surface area contributed by atoms with Crippen molar-refractivity contribution in [2.45, 2.75) is 0 Å². The van der Waals surface area contributed by atoms with E-state index in [1.165, 1.54) is 29.6 Å². The second kappa shape index (κ2) is 8.80. The lowest BCUT2D eigenvalue weighted by Gasteiger charge is -2.03. The molecule has 1 aliphatic heterocycles. The maximum absolute atomic E-state index is 12.2. The third-order valence-corrected chi connectivity index (χ3v) is 5.50. The molecule has 9 heteroatoms. The van der Waals surface area contributed by atoms with E-state index < -0.39 is 17.5 Å². The molecule has 0 N–H and O–H groups in total. The highest BCUT2D eigenvalue weighted by molar-refractivity contribution is 7.16. The second-order valence-corrected chi connectivity index (χ2v) is 7.52. The lowest BCUT2D eigenvalue weighted by atomic mass is 10.1. The van der Waals surface area contributed by atoms with E-state index in [2.05, 4.69) is 0 Å². The van der Waals surface area contributed by atoms with Gasteiger partial charge in [0.15, 0.2) is 23.9 Å². The number of ether oxygens (including phenoxy) is 3. The van der Waals surface area contributed by atoms with Crippen LogP contribution in [0.2, 0.25) is 0 Å². The number of Topliss-reactive ketones (excluding diaryl/α,β-unsaturated/α-hetero) is 1. The number of benzene rings is 2. The summed E-state index contributed by atoms with van der Waals surface area (Å²) in [6.45, 7) is -0.302. The first-order valence-electron chi connectivity index (χ1n) is 9.12. The molecular weight excluding hydrogens is 422 g/mol. The van der Waals surface area contributed by atoms with Gasteiger partial charge in [0, 0.05) is 27.5 Å². The number of hydrogen-bond donors (Lipinski definition) is 0. The molecule has 0 unspecified atom stereocenters. The smallest absolute Gasteiger partial charge is 0.331 e. The van der Waals surface area contributed by atoms with Gasteiger partial charge in [-0.15, -0.1) is 11.3 Å². The van der Waals surface area contributed by atoms with Gasteiger partial charge < -0.3 is 14.2 Å². The number of hydrogen-bond acceptors (Lipinski definition) is 8. The van der Waals surface area contributed by atoms with E-state index in [-0.39, 0.29) is 18.3 Å². The van der Waals surface area contributed by atoms with Crippen LogP contribution in [0, 0.1) is 10.1 Å². The number of carbonyl (C=O) groups is 2. The zero-order valence-corrected chi connectivity index (χ0v) is 16.8. The van der Waals surface area contributed by atoms with Gasteiger partial charge in [-0.2, -0.15) is 0 Å². The summed E-state index contributed by atoms with van der Waals surface area (Å²) in [5.41, 5.74) is 0.878. The molecule has 0 fully saturated rings. The molecule has 0 bridgehead atoms. The van der Waals surface area contributed by atoms with Crippen molar-refractivity contribution in [1.29, 1.82) is 0 Å². The second-order valence-electron chi connectivity index (χ2n) is 6.41. The Morgan fingerprint density at radius 2 is 1.90 bits per heavy atom. The summed E-state index contributed by atoms with van der Waals surface area (Å²) >= 11 is 1.30. The van der Waals surface area contributed by atoms with E-state index in [1.807, 2.05) is 0 Å². The molecule has 1 aromatic heterocycles. The van der Waals surface area contributed by atoms with Gasteiger partial charge in [-0.25, -0.2) is 4.79 Å². The van der Waals surface area contributed by atoms with Crippen LogP contribution in [0.25, 0.3) is 16.5 Å². The highest BCUT2D eigenvalue weighted by Gasteiger charge is 2.17. The van der Waals surface area contributed by atoms with Crippen LogP contribution < -0.4 is 9.47 Å². The maximum Gasteiger partial charge on any atom is 0.331 e. The van der Waals surface area contributed by atoms with Gasteiger partial charge in [0.2, 0.25) is 6.79 Å². The zero-order chi connectivity index (χ0) is 21.8. The molecule has 2 heterocycles. The molecule has 156 valence electrons. The molecule has 0 atom stereocenters. The van der Waals surface area contributed by atoms with Crippen LogP contribution in [0.5, 0.6) is 11.5 Å². The van der Waals surface area contributed by atoms with Crippen molar-refractivity contribution in [3.05, 3.63) is 81.2 Å². The van der Waals surface area contributed by atoms with Gasteiger partial charge in [-0.3, -0.25) is 14.9 Å². The minimum Gasteiger partial charge on any atom is -0.454 e. The minimum absolute atomic E-state index is 0.0151. The Kier molecular flexibility index (Phi) is 5.76. The Bertz CT molecular complexity index is 1200.